The molecule has 1 aromatic rings. The molecule has 4 nitrogen and oxygen atoms in total. The van der Waals surface area contributed by atoms with E-state index < -0.39 is 5.97 Å². The predicted octanol–water partition coefficient (Wildman–Crippen LogP) is 1.85. The topological polar surface area (TPSA) is 72.5 Å². The number of carboxylic acid groups (broad SMARTS) is 1. The van der Waals surface area contributed by atoms with Crippen molar-refractivity contribution < 1.29 is 14.6 Å². The van der Waals surface area contributed by atoms with Gasteiger partial charge in [-0.15, -0.1) is 0 Å². The summed E-state index contributed by atoms with van der Waals surface area (Å²) >= 11 is 1.76. The third-order valence-electron chi connectivity index (χ3n) is 2.10. The summed E-state index contributed by atoms with van der Waals surface area (Å²) in [5.41, 5.74) is 5.59. The Morgan fingerprint density at radius 2 is 2.12 bits per heavy atom. The van der Waals surface area contributed by atoms with Gasteiger partial charge in [0, 0.05) is 5.75 Å². The Morgan fingerprint density at radius 1 is 1.35 bits per heavy atom. The summed E-state index contributed by atoms with van der Waals surface area (Å²) in [5.74, 6) is 1.32. The normalized spacial score (nSPS) is 10.2. The second kappa shape index (κ2) is 7.97. The van der Waals surface area contributed by atoms with Crippen LogP contribution in [0.5, 0.6) is 5.75 Å². The van der Waals surface area contributed by atoms with Crippen molar-refractivity contribution in [2.75, 3.05) is 24.7 Å². The van der Waals surface area contributed by atoms with E-state index in [-0.39, 0.29) is 5.56 Å². The van der Waals surface area contributed by atoms with E-state index in [1.807, 2.05) is 0 Å². The van der Waals surface area contributed by atoms with Crippen molar-refractivity contribution in [2.45, 2.75) is 6.42 Å². The average molecular weight is 255 g/mol. The van der Waals surface area contributed by atoms with Crippen molar-refractivity contribution in [1.82, 2.24) is 0 Å². The monoisotopic (exact) mass is 255 g/mol. The fourth-order valence-corrected chi connectivity index (χ4v) is 2.04. The second-order valence-electron chi connectivity index (χ2n) is 3.40. The zero-order valence-corrected chi connectivity index (χ0v) is 10.4. The van der Waals surface area contributed by atoms with Gasteiger partial charge >= 0.3 is 5.97 Å². The van der Waals surface area contributed by atoms with E-state index >= 15 is 0 Å². The van der Waals surface area contributed by atoms with E-state index in [4.69, 9.17) is 15.6 Å². The number of aromatic carboxylic acids is 1. The van der Waals surface area contributed by atoms with Crippen LogP contribution in [0.2, 0.25) is 0 Å². The molecule has 0 bridgehead atoms. The molecule has 0 saturated carbocycles. The molecule has 0 aliphatic heterocycles. The quantitative estimate of drug-likeness (QED) is 0.693. The highest BCUT2D eigenvalue weighted by molar-refractivity contribution is 7.99. The maximum absolute atomic E-state index is 10.9. The van der Waals surface area contributed by atoms with Gasteiger partial charge in [-0.3, -0.25) is 0 Å². The van der Waals surface area contributed by atoms with Crippen LogP contribution >= 0.6 is 11.8 Å². The van der Waals surface area contributed by atoms with E-state index in [2.05, 4.69) is 0 Å². The lowest BCUT2D eigenvalue weighted by molar-refractivity contribution is 0.0692. The Bertz CT molecular complexity index is 357. The van der Waals surface area contributed by atoms with Crippen LogP contribution in [0.25, 0.3) is 0 Å². The Morgan fingerprint density at radius 3 is 2.82 bits per heavy atom. The fraction of sp³-hybridized carbons (Fsp3) is 0.417. The molecule has 0 amide bonds. The Hall–Kier alpha value is -1.20. The zero-order chi connectivity index (χ0) is 12.5. The summed E-state index contributed by atoms with van der Waals surface area (Å²) in [6.07, 6.45) is 0.996. The second-order valence-corrected chi connectivity index (χ2v) is 4.63. The molecule has 0 fully saturated rings. The van der Waals surface area contributed by atoms with Gasteiger partial charge < -0.3 is 15.6 Å². The van der Waals surface area contributed by atoms with Gasteiger partial charge in [0.25, 0.3) is 0 Å². The van der Waals surface area contributed by atoms with Crippen molar-refractivity contribution in [1.29, 1.82) is 0 Å². The van der Waals surface area contributed by atoms with Crippen LogP contribution in [-0.4, -0.2) is 35.7 Å². The Balaban J connectivity index is 2.34. The molecule has 0 aromatic heterocycles. The number of hydrogen-bond donors (Lipinski definition) is 2. The third kappa shape index (κ3) is 5.10. The zero-order valence-electron chi connectivity index (χ0n) is 9.59. The minimum absolute atomic E-state index is 0.208. The first-order valence-electron chi connectivity index (χ1n) is 5.48. The van der Waals surface area contributed by atoms with Gasteiger partial charge in [0.2, 0.25) is 0 Å². The molecule has 1 aromatic carbocycles. The van der Waals surface area contributed by atoms with Crippen LogP contribution in [0.4, 0.5) is 0 Å². The fourth-order valence-electron chi connectivity index (χ4n) is 1.27. The maximum atomic E-state index is 10.9. The number of hydrogen-bond acceptors (Lipinski definition) is 4. The van der Waals surface area contributed by atoms with E-state index in [1.54, 1.807) is 36.0 Å². The molecule has 0 atom stereocenters. The molecule has 0 aliphatic rings. The van der Waals surface area contributed by atoms with Crippen LogP contribution in [0.3, 0.4) is 0 Å². The summed E-state index contributed by atoms with van der Waals surface area (Å²) in [6, 6.07) is 6.67. The summed E-state index contributed by atoms with van der Waals surface area (Å²) in [5, 5.41) is 8.94. The van der Waals surface area contributed by atoms with Gasteiger partial charge in [-0.2, -0.15) is 11.8 Å². The average Bonchev–Trinajstić information content (AvgIpc) is 2.34. The lowest BCUT2D eigenvalue weighted by Crippen LogP contribution is -2.06. The van der Waals surface area contributed by atoms with Crippen molar-refractivity contribution >= 4 is 17.7 Å². The number of ether oxygens (including phenoxy) is 1. The first-order valence-corrected chi connectivity index (χ1v) is 6.64. The number of carboxylic acids is 1. The molecule has 0 radical (unpaired) electrons. The molecule has 0 unspecified atom stereocenters. The number of thioether (sulfide) groups is 1. The van der Waals surface area contributed by atoms with Crippen LogP contribution in [-0.2, 0) is 0 Å². The third-order valence-corrected chi connectivity index (χ3v) is 3.13. The van der Waals surface area contributed by atoms with Crippen LogP contribution in [0.1, 0.15) is 16.8 Å². The molecule has 1 rings (SSSR count). The highest BCUT2D eigenvalue weighted by Crippen LogP contribution is 2.18. The number of para-hydroxylation sites is 1. The SMILES string of the molecule is NCCCSCCOc1ccccc1C(=O)O. The van der Waals surface area contributed by atoms with Gasteiger partial charge in [-0.25, -0.2) is 4.79 Å². The number of rotatable bonds is 8. The molecule has 0 spiro atoms. The first-order chi connectivity index (χ1) is 8.25. The molecule has 3 N–H and O–H groups in total. The summed E-state index contributed by atoms with van der Waals surface area (Å²) < 4.78 is 5.45. The van der Waals surface area contributed by atoms with Crippen molar-refractivity contribution in [2.24, 2.45) is 5.73 Å². The van der Waals surface area contributed by atoms with E-state index in [0.29, 0.717) is 18.9 Å². The lowest BCUT2D eigenvalue weighted by Gasteiger charge is -2.08. The molecule has 17 heavy (non-hydrogen) atoms. The highest BCUT2D eigenvalue weighted by atomic mass is 32.2. The van der Waals surface area contributed by atoms with Crippen molar-refractivity contribution in [3.8, 4) is 5.75 Å². The van der Waals surface area contributed by atoms with Gasteiger partial charge in [0.1, 0.15) is 11.3 Å². The molecular weight excluding hydrogens is 238 g/mol. The molecule has 0 aliphatic carbocycles. The number of carbonyl (C=O) groups is 1. The van der Waals surface area contributed by atoms with E-state index in [9.17, 15) is 4.79 Å². The highest BCUT2D eigenvalue weighted by Gasteiger charge is 2.09. The maximum Gasteiger partial charge on any atom is 0.339 e. The minimum Gasteiger partial charge on any atom is -0.492 e. The molecule has 0 saturated heterocycles. The standard InChI is InChI=1S/C12H17NO3S/c13-6-3-8-17-9-7-16-11-5-2-1-4-10(11)12(14)15/h1-2,4-5H,3,6-9,13H2,(H,14,15). The number of nitrogens with two attached hydrogens (primary N) is 1. The molecular formula is C12H17NO3S. The number of benzene rings is 1. The van der Waals surface area contributed by atoms with Gasteiger partial charge in [0.05, 0.1) is 6.61 Å². The van der Waals surface area contributed by atoms with Crippen molar-refractivity contribution in [3.05, 3.63) is 29.8 Å². The Kier molecular flexibility index (Phi) is 6.50. The van der Waals surface area contributed by atoms with E-state index in [0.717, 1.165) is 17.9 Å². The van der Waals surface area contributed by atoms with Crippen molar-refractivity contribution in [3.63, 3.8) is 0 Å². The molecule has 94 valence electrons. The molecule has 0 heterocycles. The first kappa shape index (κ1) is 13.9. The largest absolute Gasteiger partial charge is 0.492 e. The summed E-state index contributed by atoms with van der Waals surface area (Å²) in [7, 11) is 0. The van der Waals surface area contributed by atoms with E-state index in [1.165, 1.54) is 0 Å². The predicted molar refractivity (Wildman–Crippen MR) is 69.9 cm³/mol. The van der Waals surface area contributed by atoms with Crippen LogP contribution < -0.4 is 10.5 Å². The summed E-state index contributed by atoms with van der Waals surface area (Å²) in [4.78, 5) is 10.9. The van der Waals surface area contributed by atoms with Gasteiger partial charge in [-0.05, 0) is 30.9 Å². The summed E-state index contributed by atoms with van der Waals surface area (Å²) in [6.45, 7) is 1.22. The van der Waals surface area contributed by atoms with Gasteiger partial charge in [-0.1, -0.05) is 12.1 Å². The Labute approximate surface area is 105 Å². The minimum atomic E-state index is -0.962. The van der Waals surface area contributed by atoms with Gasteiger partial charge in [0.15, 0.2) is 0 Å². The molecule has 5 heteroatoms. The van der Waals surface area contributed by atoms with Crippen LogP contribution in [0, 0.1) is 0 Å². The lowest BCUT2D eigenvalue weighted by atomic mass is 10.2. The van der Waals surface area contributed by atoms with Crippen LogP contribution in [0.15, 0.2) is 24.3 Å². The smallest absolute Gasteiger partial charge is 0.339 e.